The van der Waals surface area contributed by atoms with Crippen molar-refractivity contribution in [2.24, 2.45) is 0 Å². The van der Waals surface area contributed by atoms with Gasteiger partial charge in [0.2, 0.25) is 11.8 Å². The predicted octanol–water partition coefficient (Wildman–Crippen LogP) is 2.26. The number of halogens is 1. The molecule has 0 fully saturated rings. The van der Waals surface area contributed by atoms with Gasteiger partial charge >= 0.3 is 0 Å². The number of hydrogen-bond acceptors (Lipinski definition) is 3. The van der Waals surface area contributed by atoms with Crippen LogP contribution in [-0.2, 0) is 14.3 Å². The fourth-order valence-electron chi connectivity index (χ4n) is 1.81. The number of nitrogens with one attached hydrogen (secondary N) is 1. The molecule has 5 nitrogen and oxygen atoms in total. The van der Waals surface area contributed by atoms with Gasteiger partial charge in [0.05, 0.1) is 6.61 Å². The monoisotopic (exact) mass is 356 g/mol. The third-order valence-corrected chi connectivity index (χ3v) is 3.89. The molecule has 1 N–H and O–H groups in total. The van der Waals surface area contributed by atoms with E-state index in [9.17, 15) is 9.59 Å². The maximum absolute atomic E-state index is 11.8. The molecule has 0 atom stereocenters. The van der Waals surface area contributed by atoms with Crippen LogP contribution in [0, 0.1) is 6.92 Å². The second kappa shape index (κ2) is 8.79. The molecule has 2 amide bonds. The van der Waals surface area contributed by atoms with Crippen molar-refractivity contribution in [1.82, 2.24) is 5.32 Å². The molecule has 0 unspecified atom stereocenters. The van der Waals surface area contributed by atoms with Crippen LogP contribution in [0.15, 0.2) is 22.7 Å². The summed E-state index contributed by atoms with van der Waals surface area (Å²) >= 11 is 3.45. The Labute approximate surface area is 133 Å². The molecule has 21 heavy (non-hydrogen) atoms. The minimum absolute atomic E-state index is 0.0876. The lowest BCUT2D eigenvalue weighted by Gasteiger charge is -2.21. The summed E-state index contributed by atoms with van der Waals surface area (Å²) in [4.78, 5) is 25.1. The Morgan fingerprint density at radius 1 is 1.38 bits per heavy atom. The predicted molar refractivity (Wildman–Crippen MR) is 86.4 cm³/mol. The number of carbonyl (C=O) groups excluding carboxylic acids is 2. The van der Waals surface area contributed by atoms with Crippen molar-refractivity contribution < 1.29 is 14.3 Å². The minimum atomic E-state index is -0.0931. The van der Waals surface area contributed by atoms with E-state index in [1.807, 2.05) is 25.1 Å². The molecule has 0 aliphatic carbocycles. The Kier molecular flexibility index (Phi) is 7.39. The first-order valence-corrected chi connectivity index (χ1v) is 7.55. The first-order chi connectivity index (χ1) is 9.95. The maximum atomic E-state index is 11.8. The number of hydrogen-bond donors (Lipinski definition) is 1. The molecule has 0 radical (unpaired) electrons. The van der Waals surface area contributed by atoms with Crippen LogP contribution in [-0.4, -0.2) is 38.6 Å². The lowest BCUT2D eigenvalue weighted by molar-refractivity contribution is -0.121. The van der Waals surface area contributed by atoms with E-state index in [1.54, 1.807) is 12.0 Å². The van der Waals surface area contributed by atoms with Gasteiger partial charge < -0.3 is 15.0 Å². The zero-order valence-corrected chi connectivity index (χ0v) is 14.2. The summed E-state index contributed by atoms with van der Waals surface area (Å²) in [5.74, 6) is -0.181. The van der Waals surface area contributed by atoms with Crippen LogP contribution in [0.4, 0.5) is 5.69 Å². The smallest absolute Gasteiger partial charge is 0.223 e. The number of methoxy groups -OCH3 is 1. The summed E-state index contributed by atoms with van der Waals surface area (Å²) in [6.45, 7) is 4.79. The lowest BCUT2D eigenvalue weighted by atomic mass is 10.2. The molecule has 6 heteroatoms. The summed E-state index contributed by atoms with van der Waals surface area (Å²) in [5, 5.41) is 2.74. The van der Waals surface area contributed by atoms with Gasteiger partial charge in [0, 0.05) is 43.7 Å². The molecule has 0 bridgehead atoms. The van der Waals surface area contributed by atoms with E-state index >= 15 is 0 Å². The minimum Gasteiger partial charge on any atom is -0.383 e. The number of carbonyl (C=O) groups is 2. The van der Waals surface area contributed by atoms with E-state index in [4.69, 9.17) is 4.74 Å². The van der Waals surface area contributed by atoms with Gasteiger partial charge in [-0.2, -0.15) is 0 Å². The molecule has 0 aliphatic heterocycles. The molecule has 0 spiro atoms. The van der Waals surface area contributed by atoms with Crippen LogP contribution in [0.5, 0.6) is 0 Å². The van der Waals surface area contributed by atoms with Crippen molar-refractivity contribution in [3.05, 3.63) is 28.2 Å². The lowest BCUT2D eigenvalue weighted by Crippen LogP contribution is -2.34. The van der Waals surface area contributed by atoms with Crippen LogP contribution >= 0.6 is 15.9 Å². The summed E-state index contributed by atoms with van der Waals surface area (Å²) in [5.41, 5.74) is 1.88. The van der Waals surface area contributed by atoms with Crippen molar-refractivity contribution in [3.8, 4) is 0 Å². The van der Waals surface area contributed by atoms with Crippen LogP contribution in [0.25, 0.3) is 0 Å². The van der Waals surface area contributed by atoms with Crippen LogP contribution in [0.1, 0.15) is 18.9 Å². The number of aryl methyl sites for hydroxylation is 1. The highest BCUT2D eigenvalue weighted by molar-refractivity contribution is 9.10. The largest absolute Gasteiger partial charge is 0.383 e. The maximum Gasteiger partial charge on any atom is 0.223 e. The zero-order chi connectivity index (χ0) is 15.8. The molecule has 1 rings (SSSR count). The fraction of sp³-hybridized carbons (Fsp3) is 0.467. The Morgan fingerprint density at radius 2 is 2.10 bits per heavy atom. The number of amides is 2. The van der Waals surface area contributed by atoms with Gasteiger partial charge in [-0.15, -0.1) is 0 Å². The van der Waals surface area contributed by atoms with Crippen LogP contribution in [0.3, 0.4) is 0 Å². The Morgan fingerprint density at radius 3 is 2.67 bits per heavy atom. The quantitative estimate of drug-likeness (QED) is 0.762. The Balaban J connectivity index is 2.64. The van der Waals surface area contributed by atoms with Gasteiger partial charge in [-0.1, -0.05) is 22.0 Å². The van der Waals surface area contributed by atoms with Crippen molar-refractivity contribution in [2.75, 3.05) is 31.7 Å². The van der Waals surface area contributed by atoms with Crippen molar-refractivity contribution in [3.63, 3.8) is 0 Å². The molecule has 0 saturated carbocycles. The molecular formula is C15H21BrN2O3. The SMILES string of the molecule is COCCNC(=O)CCN(C(C)=O)c1ccc(C)c(Br)c1. The fourth-order valence-corrected chi connectivity index (χ4v) is 2.18. The number of ether oxygens (including phenoxy) is 1. The average molecular weight is 357 g/mol. The van der Waals surface area contributed by atoms with E-state index in [2.05, 4.69) is 21.2 Å². The third-order valence-electron chi connectivity index (χ3n) is 3.04. The Hall–Kier alpha value is -1.40. The molecule has 1 aromatic rings. The number of rotatable bonds is 7. The van der Waals surface area contributed by atoms with Gasteiger partial charge in [-0.3, -0.25) is 9.59 Å². The molecular weight excluding hydrogens is 336 g/mol. The summed E-state index contributed by atoms with van der Waals surface area (Å²) < 4.78 is 5.81. The summed E-state index contributed by atoms with van der Waals surface area (Å²) in [7, 11) is 1.58. The van der Waals surface area contributed by atoms with E-state index in [0.717, 1.165) is 15.7 Å². The number of nitrogens with zero attached hydrogens (tertiary/aromatic N) is 1. The van der Waals surface area contributed by atoms with Gasteiger partial charge in [0.15, 0.2) is 0 Å². The molecule has 0 aromatic heterocycles. The van der Waals surface area contributed by atoms with Gasteiger partial charge in [-0.05, 0) is 24.6 Å². The van der Waals surface area contributed by atoms with Gasteiger partial charge in [0.1, 0.15) is 0 Å². The van der Waals surface area contributed by atoms with Crippen LogP contribution in [0.2, 0.25) is 0 Å². The van der Waals surface area contributed by atoms with E-state index in [0.29, 0.717) is 19.7 Å². The highest BCUT2D eigenvalue weighted by Gasteiger charge is 2.14. The highest BCUT2D eigenvalue weighted by Crippen LogP contribution is 2.23. The zero-order valence-electron chi connectivity index (χ0n) is 12.6. The van der Waals surface area contributed by atoms with Gasteiger partial charge in [0.25, 0.3) is 0 Å². The molecule has 0 heterocycles. The molecule has 1 aromatic carbocycles. The van der Waals surface area contributed by atoms with E-state index in [-0.39, 0.29) is 18.2 Å². The van der Waals surface area contributed by atoms with Crippen LogP contribution < -0.4 is 10.2 Å². The Bertz CT molecular complexity index is 506. The summed E-state index contributed by atoms with van der Waals surface area (Å²) in [6.07, 6.45) is 0.259. The summed E-state index contributed by atoms with van der Waals surface area (Å²) in [6, 6.07) is 5.71. The van der Waals surface area contributed by atoms with Crippen molar-refractivity contribution in [2.45, 2.75) is 20.3 Å². The third kappa shape index (κ3) is 5.85. The normalized spacial score (nSPS) is 10.3. The second-order valence-electron chi connectivity index (χ2n) is 4.70. The first-order valence-electron chi connectivity index (χ1n) is 6.75. The van der Waals surface area contributed by atoms with Crippen molar-refractivity contribution in [1.29, 1.82) is 0 Å². The number of anilines is 1. The standard InChI is InChI=1S/C15H21BrN2O3/c1-11-4-5-13(10-14(11)16)18(12(2)19)8-6-15(20)17-7-9-21-3/h4-5,10H,6-9H2,1-3H3,(H,17,20). The average Bonchev–Trinajstić information content (AvgIpc) is 2.43. The second-order valence-corrected chi connectivity index (χ2v) is 5.55. The highest BCUT2D eigenvalue weighted by atomic mass is 79.9. The van der Waals surface area contributed by atoms with Gasteiger partial charge in [-0.25, -0.2) is 0 Å². The number of benzene rings is 1. The molecule has 0 saturated heterocycles. The first kappa shape index (κ1) is 17.7. The molecule has 0 aliphatic rings. The molecule has 116 valence electrons. The topological polar surface area (TPSA) is 58.6 Å². The van der Waals surface area contributed by atoms with E-state index in [1.165, 1.54) is 6.92 Å². The van der Waals surface area contributed by atoms with Crippen molar-refractivity contribution >= 4 is 33.4 Å². The van der Waals surface area contributed by atoms with E-state index < -0.39 is 0 Å².